The van der Waals surface area contributed by atoms with E-state index in [0.717, 1.165) is 33.8 Å². The maximum Gasteiger partial charge on any atom is 0.408 e. The van der Waals surface area contributed by atoms with Gasteiger partial charge < -0.3 is 25.5 Å². The second kappa shape index (κ2) is 13.3. The largest absolute Gasteiger partial charge is 0.480 e. The van der Waals surface area contributed by atoms with Crippen LogP contribution in [0.2, 0.25) is 0 Å². The van der Waals surface area contributed by atoms with E-state index in [1.54, 1.807) is 48.7 Å². The van der Waals surface area contributed by atoms with Crippen LogP contribution in [0.15, 0.2) is 91.1 Å². The van der Waals surface area contributed by atoms with E-state index < -0.39 is 30.1 Å². The minimum absolute atomic E-state index is 0.00405. The minimum Gasteiger partial charge on any atom is -0.480 e. The smallest absolute Gasteiger partial charge is 0.408 e. The Labute approximate surface area is 228 Å². The van der Waals surface area contributed by atoms with Crippen LogP contribution in [-0.4, -0.2) is 51.0 Å². The Balaban J connectivity index is 1.45. The molecule has 4 N–H and O–H groups in total. The highest BCUT2D eigenvalue weighted by atomic mass is 32.2. The van der Waals surface area contributed by atoms with Gasteiger partial charge in [0.15, 0.2) is 0 Å². The van der Waals surface area contributed by atoms with Crippen molar-refractivity contribution in [2.75, 3.05) is 5.75 Å². The number of carbonyl (C=O) groups is 4. The normalized spacial score (nSPS) is 12.3. The Kier molecular flexibility index (Phi) is 9.36. The average molecular weight is 546 g/mol. The van der Waals surface area contributed by atoms with Crippen LogP contribution in [0, 0.1) is 0 Å². The molecule has 4 aromatic rings. The molecule has 0 saturated carbocycles. The second-order valence-corrected chi connectivity index (χ2v) is 9.68. The van der Waals surface area contributed by atoms with Crippen molar-refractivity contribution in [3.8, 4) is 0 Å². The van der Waals surface area contributed by atoms with Crippen molar-refractivity contribution >= 4 is 45.7 Å². The molecule has 200 valence electrons. The monoisotopic (exact) mass is 545 g/mol. The van der Waals surface area contributed by atoms with Crippen LogP contribution < -0.4 is 10.6 Å². The van der Waals surface area contributed by atoms with Crippen molar-refractivity contribution in [3.63, 3.8) is 0 Å². The molecule has 2 amide bonds. The third kappa shape index (κ3) is 7.71. The van der Waals surface area contributed by atoms with E-state index in [4.69, 9.17) is 4.74 Å². The highest BCUT2D eigenvalue weighted by Crippen LogP contribution is 2.20. The molecule has 1 aromatic heterocycles. The number of thioether (sulfide) groups is 1. The molecule has 0 aliphatic rings. The van der Waals surface area contributed by atoms with Crippen LogP contribution in [0.1, 0.15) is 21.5 Å². The second-order valence-electron chi connectivity index (χ2n) is 8.69. The van der Waals surface area contributed by atoms with Crippen molar-refractivity contribution in [1.29, 1.82) is 0 Å². The first kappa shape index (κ1) is 27.5. The lowest BCUT2D eigenvalue weighted by Gasteiger charge is -2.21. The number of ether oxygens (including phenoxy) is 1. The predicted molar refractivity (Wildman–Crippen MR) is 148 cm³/mol. The molecule has 2 atom stereocenters. The first-order valence-electron chi connectivity index (χ1n) is 12.2. The van der Waals surface area contributed by atoms with E-state index in [9.17, 15) is 24.3 Å². The molecule has 1 heterocycles. The van der Waals surface area contributed by atoms with Gasteiger partial charge in [-0.05, 0) is 17.2 Å². The number of aromatic nitrogens is 1. The van der Waals surface area contributed by atoms with Crippen LogP contribution in [0.4, 0.5) is 4.79 Å². The number of fused-ring (bicyclic) bond motifs is 1. The molecule has 0 spiro atoms. The van der Waals surface area contributed by atoms with Crippen LogP contribution in [0.5, 0.6) is 0 Å². The fourth-order valence-corrected chi connectivity index (χ4v) is 4.75. The Morgan fingerprint density at radius 2 is 1.51 bits per heavy atom. The van der Waals surface area contributed by atoms with Crippen molar-refractivity contribution in [2.45, 2.75) is 25.1 Å². The Morgan fingerprint density at radius 3 is 2.23 bits per heavy atom. The number of rotatable bonds is 11. The lowest BCUT2D eigenvalue weighted by molar-refractivity contribution is -0.141. The van der Waals surface area contributed by atoms with Gasteiger partial charge in [-0.15, -0.1) is 0 Å². The zero-order chi connectivity index (χ0) is 27.6. The SMILES string of the molecule is O=C(N[C@@H](Cc1c[nH]c2ccccc12)C(=O)N[C@@H](CSC(=O)c1ccccc1)C(=O)O)OCc1ccccc1. The van der Waals surface area contributed by atoms with Gasteiger partial charge in [-0.2, -0.15) is 0 Å². The number of carbonyl (C=O) groups excluding carboxylic acids is 3. The quantitative estimate of drug-likeness (QED) is 0.222. The van der Waals surface area contributed by atoms with Crippen molar-refractivity contribution in [2.24, 2.45) is 0 Å². The number of H-pyrrole nitrogens is 1. The Bertz CT molecular complexity index is 1440. The number of alkyl carbamates (subject to hydrolysis) is 1. The Hall–Kier alpha value is -4.57. The van der Waals surface area contributed by atoms with E-state index in [2.05, 4.69) is 15.6 Å². The van der Waals surface area contributed by atoms with Gasteiger partial charge in [-0.25, -0.2) is 9.59 Å². The molecule has 0 saturated heterocycles. The summed E-state index contributed by atoms with van der Waals surface area (Å²) < 4.78 is 5.29. The van der Waals surface area contributed by atoms with Gasteiger partial charge in [-0.3, -0.25) is 9.59 Å². The first-order valence-corrected chi connectivity index (χ1v) is 13.2. The molecule has 4 rings (SSSR count). The van der Waals surface area contributed by atoms with Crippen LogP contribution >= 0.6 is 11.8 Å². The van der Waals surface area contributed by atoms with E-state index in [-0.39, 0.29) is 23.9 Å². The number of hydrogen-bond donors (Lipinski definition) is 4. The highest BCUT2D eigenvalue weighted by Gasteiger charge is 2.28. The van der Waals surface area contributed by atoms with Gasteiger partial charge in [0.25, 0.3) is 0 Å². The van der Waals surface area contributed by atoms with Crippen LogP contribution in [0.3, 0.4) is 0 Å². The maximum absolute atomic E-state index is 13.3. The number of amides is 2. The summed E-state index contributed by atoms with van der Waals surface area (Å²) in [7, 11) is 0. The van der Waals surface area contributed by atoms with E-state index in [0.29, 0.717) is 5.56 Å². The summed E-state index contributed by atoms with van der Waals surface area (Å²) in [4.78, 5) is 53.4. The number of nitrogens with one attached hydrogen (secondary N) is 3. The van der Waals surface area contributed by atoms with Crippen molar-refractivity contribution in [1.82, 2.24) is 15.6 Å². The number of hydrogen-bond acceptors (Lipinski definition) is 6. The molecule has 0 aliphatic carbocycles. The molecule has 3 aromatic carbocycles. The fraction of sp³-hybridized carbons (Fsp3) is 0.172. The van der Waals surface area contributed by atoms with Gasteiger partial charge in [-0.1, -0.05) is 90.6 Å². The van der Waals surface area contributed by atoms with Gasteiger partial charge in [0, 0.05) is 34.8 Å². The molecule has 10 heteroatoms. The lowest BCUT2D eigenvalue weighted by atomic mass is 10.0. The van der Waals surface area contributed by atoms with E-state index in [1.807, 2.05) is 42.5 Å². The fourth-order valence-electron chi connectivity index (χ4n) is 3.90. The number of benzene rings is 3. The molecular formula is C29H27N3O6S. The zero-order valence-corrected chi connectivity index (χ0v) is 21.6. The van der Waals surface area contributed by atoms with Gasteiger partial charge in [0.1, 0.15) is 18.7 Å². The molecule has 0 unspecified atom stereocenters. The van der Waals surface area contributed by atoms with E-state index in [1.165, 1.54) is 0 Å². The van der Waals surface area contributed by atoms with Crippen molar-refractivity contribution < 1.29 is 29.0 Å². The summed E-state index contributed by atoms with van der Waals surface area (Å²) in [5.74, 6) is -2.20. The molecule has 0 bridgehead atoms. The predicted octanol–water partition coefficient (Wildman–Crippen LogP) is 4.15. The summed E-state index contributed by atoms with van der Waals surface area (Å²) in [6, 6.07) is 22.5. The highest BCUT2D eigenvalue weighted by molar-refractivity contribution is 8.14. The van der Waals surface area contributed by atoms with Crippen molar-refractivity contribution in [3.05, 3.63) is 108 Å². The third-order valence-electron chi connectivity index (χ3n) is 5.93. The summed E-state index contributed by atoms with van der Waals surface area (Å²) >= 11 is 0.795. The number of para-hydroxylation sites is 1. The number of aliphatic carboxylic acids is 1. The number of carboxylic acid groups (broad SMARTS) is 1. The summed E-state index contributed by atoms with van der Waals surface area (Å²) in [6.45, 7) is 0.00405. The topological polar surface area (TPSA) is 138 Å². The molecule has 9 nitrogen and oxygen atoms in total. The lowest BCUT2D eigenvalue weighted by Crippen LogP contribution is -2.53. The summed E-state index contributed by atoms with van der Waals surface area (Å²) in [5, 5.41) is 15.3. The van der Waals surface area contributed by atoms with Crippen LogP contribution in [0.25, 0.3) is 10.9 Å². The Morgan fingerprint density at radius 1 is 0.846 bits per heavy atom. The van der Waals surface area contributed by atoms with Gasteiger partial charge in [0.2, 0.25) is 11.0 Å². The maximum atomic E-state index is 13.3. The molecule has 0 aliphatic heterocycles. The van der Waals surface area contributed by atoms with Crippen LogP contribution in [-0.2, 0) is 27.4 Å². The number of aromatic amines is 1. The molecule has 0 radical (unpaired) electrons. The molecule has 0 fully saturated rings. The molecule has 39 heavy (non-hydrogen) atoms. The molecular weight excluding hydrogens is 518 g/mol. The number of carboxylic acids is 1. The minimum atomic E-state index is -1.36. The average Bonchev–Trinajstić information content (AvgIpc) is 3.37. The van der Waals surface area contributed by atoms with Gasteiger partial charge in [0.05, 0.1) is 0 Å². The summed E-state index contributed by atoms with van der Waals surface area (Å²) in [5.41, 5.74) is 2.82. The van der Waals surface area contributed by atoms with Gasteiger partial charge >= 0.3 is 12.1 Å². The van der Waals surface area contributed by atoms with E-state index >= 15 is 0 Å². The third-order valence-corrected chi connectivity index (χ3v) is 6.92. The standard InChI is InChI=1S/C29H27N3O6S/c33-26(31-25(27(34)35)18-39-28(36)20-11-5-2-6-12-20)24(15-21-16-30-23-14-8-7-13-22(21)23)32-29(37)38-17-19-9-3-1-4-10-19/h1-14,16,24-25,30H,15,17-18H2,(H,31,33)(H,32,37)(H,34,35)/t24-,25-/m0/s1. The first-order chi connectivity index (χ1) is 18.9. The summed E-state index contributed by atoms with van der Waals surface area (Å²) in [6.07, 6.45) is 1.00. The zero-order valence-electron chi connectivity index (χ0n) is 20.8.